The third-order valence-electron chi connectivity index (χ3n) is 1.88. The van der Waals surface area contributed by atoms with Crippen molar-refractivity contribution < 1.29 is 25.2 Å². The molecule has 0 spiro atoms. The highest BCUT2D eigenvalue weighted by molar-refractivity contribution is 5.82. The van der Waals surface area contributed by atoms with Crippen LogP contribution in [0.15, 0.2) is 0 Å². The maximum Gasteiger partial charge on any atom is 0.252 e. The van der Waals surface area contributed by atoms with E-state index in [1.165, 1.54) is 0 Å². The summed E-state index contributed by atoms with van der Waals surface area (Å²) in [4.78, 5) is 10.8. The van der Waals surface area contributed by atoms with E-state index < -0.39 is 36.9 Å². The van der Waals surface area contributed by atoms with Gasteiger partial charge in [-0.05, 0) is 0 Å². The van der Waals surface area contributed by atoms with Gasteiger partial charge in [-0.2, -0.15) is 0 Å². The second-order valence-corrected chi connectivity index (χ2v) is 2.72. The molecule has 4 atom stereocenters. The zero-order valence-corrected chi connectivity index (χ0v) is 6.21. The lowest BCUT2D eigenvalue weighted by Gasteiger charge is -2.34. The molecule has 0 unspecified atom stereocenters. The van der Waals surface area contributed by atoms with Crippen LogP contribution in [0.3, 0.4) is 0 Å². The Morgan fingerprint density at radius 3 is 2.33 bits per heavy atom. The highest BCUT2D eigenvalue weighted by Crippen LogP contribution is 2.10. The van der Waals surface area contributed by atoms with Gasteiger partial charge in [0.15, 0.2) is 6.10 Å². The van der Waals surface area contributed by atoms with E-state index in [0.717, 1.165) is 0 Å². The molecule has 0 bridgehead atoms. The van der Waals surface area contributed by atoms with E-state index in [9.17, 15) is 4.79 Å². The quantitative estimate of drug-likeness (QED) is 0.286. The highest BCUT2D eigenvalue weighted by atomic mass is 16.4. The van der Waals surface area contributed by atoms with Crippen LogP contribution in [-0.2, 0) is 4.79 Å². The average molecular weight is 177 g/mol. The molecule has 0 aromatic rings. The Kier molecular flexibility index (Phi) is 2.63. The SMILES string of the molecule is O=C1N[C@@H](CO)[C@@H](O)[C@H](O)[C@@H]1O. The minimum absolute atomic E-state index is 0.476. The van der Waals surface area contributed by atoms with E-state index in [1.807, 2.05) is 0 Å². The Labute approximate surface area is 68.4 Å². The van der Waals surface area contributed by atoms with Crippen molar-refractivity contribution in [3.63, 3.8) is 0 Å². The molecule has 0 aromatic carbocycles. The van der Waals surface area contributed by atoms with Crippen LogP contribution in [-0.4, -0.2) is 57.3 Å². The summed E-state index contributed by atoms with van der Waals surface area (Å²) >= 11 is 0. The molecule has 0 radical (unpaired) electrons. The van der Waals surface area contributed by atoms with Gasteiger partial charge >= 0.3 is 0 Å². The first-order valence-corrected chi connectivity index (χ1v) is 3.53. The van der Waals surface area contributed by atoms with E-state index in [1.54, 1.807) is 0 Å². The predicted molar refractivity (Wildman–Crippen MR) is 37.0 cm³/mol. The van der Waals surface area contributed by atoms with Crippen LogP contribution in [0.25, 0.3) is 0 Å². The summed E-state index contributed by atoms with van der Waals surface area (Å²) in [5.41, 5.74) is 0. The van der Waals surface area contributed by atoms with Gasteiger partial charge in [0.1, 0.15) is 12.2 Å². The number of carbonyl (C=O) groups is 1. The van der Waals surface area contributed by atoms with Crippen molar-refractivity contribution in [2.24, 2.45) is 0 Å². The van der Waals surface area contributed by atoms with Gasteiger partial charge < -0.3 is 25.7 Å². The first-order valence-electron chi connectivity index (χ1n) is 3.53. The van der Waals surface area contributed by atoms with Crippen molar-refractivity contribution >= 4 is 5.91 Å². The number of nitrogens with one attached hydrogen (secondary N) is 1. The van der Waals surface area contributed by atoms with Gasteiger partial charge in [-0.15, -0.1) is 0 Å². The van der Waals surface area contributed by atoms with Crippen LogP contribution in [0.4, 0.5) is 0 Å². The summed E-state index contributed by atoms with van der Waals surface area (Å²) in [6.07, 6.45) is -4.48. The van der Waals surface area contributed by atoms with Crippen molar-refractivity contribution in [2.45, 2.75) is 24.4 Å². The summed E-state index contributed by atoms with van der Waals surface area (Å²) < 4.78 is 0. The zero-order valence-electron chi connectivity index (χ0n) is 6.21. The number of rotatable bonds is 1. The lowest BCUT2D eigenvalue weighted by Crippen LogP contribution is -2.63. The minimum atomic E-state index is -1.62. The van der Waals surface area contributed by atoms with Gasteiger partial charge in [0.2, 0.25) is 0 Å². The van der Waals surface area contributed by atoms with Crippen molar-refractivity contribution in [2.75, 3.05) is 6.61 Å². The van der Waals surface area contributed by atoms with E-state index >= 15 is 0 Å². The number of hydrogen-bond donors (Lipinski definition) is 5. The number of aliphatic hydroxyl groups excluding tert-OH is 4. The fourth-order valence-corrected chi connectivity index (χ4v) is 1.09. The predicted octanol–water partition coefficient (Wildman–Crippen LogP) is -3.44. The number of piperidine rings is 1. The fourth-order valence-electron chi connectivity index (χ4n) is 1.09. The molecule has 1 heterocycles. The standard InChI is InChI=1S/C6H11NO5/c8-1-2-3(9)4(10)5(11)6(12)7-2/h2-5,8-11H,1H2,(H,7,12)/t2-,3+,4-,5-/m0/s1. The first kappa shape index (κ1) is 9.40. The molecule has 6 heteroatoms. The lowest BCUT2D eigenvalue weighted by atomic mass is 9.96. The van der Waals surface area contributed by atoms with Gasteiger partial charge in [-0.3, -0.25) is 4.79 Å². The monoisotopic (exact) mass is 177 g/mol. The molecule has 70 valence electrons. The molecule has 1 aliphatic heterocycles. The van der Waals surface area contributed by atoms with E-state index in [4.69, 9.17) is 20.4 Å². The second kappa shape index (κ2) is 3.36. The Morgan fingerprint density at radius 1 is 1.25 bits per heavy atom. The summed E-state index contributed by atoms with van der Waals surface area (Å²) in [5, 5.41) is 37.9. The molecule has 6 nitrogen and oxygen atoms in total. The lowest BCUT2D eigenvalue weighted by molar-refractivity contribution is -0.155. The van der Waals surface area contributed by atoms with Crippen molar-refractivity contribution in [3.8, 4) is 0 Å². The maximum atomic E-state index is 10.8. The second-order valence-electron chi connectivity index (χ2n) is 2.72. The molecule has 12 heavy (non-hydrogen) atoms. The Balaban J connectivity index is 2.70. The molecular formula is C6H11NO5. The summed E-state index contributed by atoms with van der Waals surface area (Å²) in [5.74, 6) is -0.785. The van der Waals surface area contributed by atoms with Gasteiger partial charge in [-0.25, -0.2) is 0 Å². The Hall–Kier alpha value is -0.690. The molecule has 0 saturated carbocycles. The Morgan fingerprint density at radius 2 is 1.83 bits per heavy atom. The molecule has 0 aliphatic carbocycles. The molecule has 1 amide bonds. The van der Waals surface area contributed by atoms with Crippen molar-refractivity contribution in [3.05, 3.63) is 0 Å². The molecule has 5 N–H and O–H groups in total. The number of hydrogen-bond acceptors (Lipinski definition) is 5. The van der Waals surface area contributed by atoms with Crippen LogP contribution in [0.1, 0.15) is 0 Å². The van der Waals surface area contributed by atoms with E-state index in [2.05, 4.69) is 5.32 Å². The molecule has 1 aliphatic rings. The van der Waals surface area contributed by atoms with Crippen LogP contribution >= 0.6 is 0 Å². The van der Waals surface area contributed by atoms with Crippen LogP contribution in [0.5, 0.6) is 0 Å². The largest absolute Gasteiger partial charge is 0.394 e. The van der Waals surface area contributed by atoms with Gasteiger partial charge in [0.25, 0.3) is 5.91 Å². The fraction of sp³-hybridized carbons (Fsp3) is 0.833. The van der Waals surface area contributed by atoms with Gasteiger partial charge in [-0.1, -0.05) is 0 Å². The minimum Gasteiger partial charge on any atom is -0.394 e. The summed E-state index contributed by atoms with van der Waals surface area (Å²) in [6, 6.07) is -0.907. The summed E-state index contributed by atoms with van der Waals surface area (Å²) in [7, 11) is 0. The normalized spacial score (nSPS) is 42.5. The van der Waals surface area contributed by atoms with E-state index in [-0.39, 0.29) is 0 Å². The molecule has 0 aromatic heterocycles. The smallest absolute Gasteiger partial charge is 0.252 e. The van der Waals surface area contributed by atoms with Crippen LogP contribution in [0.2, 0.25) is 0 Å². The summed E-state index contributed by atoms with van der Waals surface area (Å²) in [6.45, 7) is -0.476. The molecule has 1 saturated heterocycles. The average Bonchev–Trinajstić information content (AvgIpc) is 2.08. The number of aliphatic hydroxyl groups is 4. The molecular weight excluding hydrogens is 166 g/mol. The third-order valence-corrected chi connectivity index (χ3v) is 1.88. The zero-order chi connectivity index (χ0) is 9.30. The topological polar surface area (TPSA) is 110 Å². The van der Waals surface area contributed by atoms with E-state index in [0.29, 0.717) is 0 Å². The first-order chi connectivity index (χ1) is 5.57. The highest BCUT2D eigenvalue weighted by Gasteiger charge is 2.40. The van der Waals surface area contributed by atoms with Crippen LogP contribution < -0.4 is 5.32 Å². The van der Waals surface area contributed by atoms with Crippen LogP contribution in [0, 0.1) is 0 Å². The third kappa shape index (κ3) is 1.42. The number of amides is 1. The van der Waals surface area contributed by atoms with Crippen molar-refractivity contribution in [1.29, 1.82) is 0 Å². The molecule has 1 fully saturated rings. The van der Waals surface area contributed by atoms with Gasteiger partial charge in [0.05, 0.1) is 12.6 Å². The number of carbonyl (C=O) groups excluding carboxylic acids is 1. The van der Waals surface area contributed by atoms with Crippen molar-refractivity contribution in [1.82, 2.24) is 5.32 Å². The maximum absolute atomic E-state index is 10.8. The van der Waals surface area contributed by atoms with Gasteiger partial charge in [0, 0.05) is 0 Å². The Bertz CT molecular complexity index is 183. The molecule has 1 rings (SSSR count).